The van der Waals surface area contributed by atoms with Crippen molar-refractivity contribution >= 4 is 46.2 Å². The average Bonchev–Trinajstić information content (AvgIpc) is 3.13. The van der Waals surface area contributed by atoms with Gasteiger partial charge in [0.2, 0.25) is 5.91 Å². The van der Waals surface area contributed by atoms with Gasteiger partial charge in [-0.1, -0.05) is 6.07 Å². The topological polar surface area (TPSA) is 92.7 Å². The Morgan fingerprint density at radius 1 is 1.27 bits per heavy atom. The number of carboxylic acid groups (broad SMARTS) is 1. The van der Waals surface area contributed by atoms with Gasteiger partial charge in [-0.05, 0) is 17.5 Å². The Bertz CT molecular complexity index is 731. The van der Waals surface area contributed by atoms with Gasteiger partial charge in [0.15, 0.2) is 0 Å². The monoisotopic (exact) mass is 337 g/mol. The number of ether oxygens (including phenoxy) is 1. The van der Waals surface area contributed by atoms with Gasteiger partial charge >= 0.3 is 11.9 Å². The fourth-order valence-electron chi connectivity index (χ4n) is 1.59. The summed E-state index contributed by atoms with van der Waals surface area (Å²) in [5.41, 5.74) is 0.292. The number of thiophene rings is 2. The van der Waals surface area contributed by atoms with Gasteiger partial charge in [-0.3, -0.25) is 4.79 Å². The molecule has 0 atom stereocenters. The zero-order chi connectivity index (χ0) is 16.1. The molecule has 6 nitrogen and oxygen atoms in total. The Morgan fingerprint density at radius 3 is 2.64 bits per heavy atom. The summed E-state index contributed by atoms with van der Waals surface area (Å²) in [6.45, 7) is 0. The molecule has 0 saturated carbocycles. The van der Waals surface area contributed by atoms with Crippen LogP contribution in [0.3, 0.4) is 0 Å². The molecule has 0 saturated heterocycles. The van der Waals surface area contributed by atoms with E-state index in [0.29, 0.717) is 5.69 Å². The minimum atomic E-state index is -1.23. The molecule has 0 aliphatic carbocycles. The van der Waals surface area contributed by atoms with E-state index in [-0.39, 0.29) is 4.88 Å². The van der Waals surface area contributed by atoms with Gasteiger partial charge in [-0.25, -0.2) is 9.59 Å². The lowest BCUT2D eigenvalue weighted by Crippen LogP contribution is -2.11. The normalized spacial score (nSPS) is 10.6. The van der Waals surface area contributed by atoms with E-state index < -0.39 is 17.8 Å². The van der Waals surface area contributed by atoms with Crippen LogP contribution >= 0.6 is 22.7 Å². The molecule has 8 heteroatoms. The number of carboxylic acids is 1. The van der Waals surface area contributed by atoms with Crippen molar-refractivity contribution in [2.75, 3.05) is 12.4 Å². The summed E-state index contributed by atoms with van der Waals surface area (Å²) in [5, 5.41) is 12.9. The molecule has 2 heterocycles. The summed E-state index contributed by atoms with van der Waals surface area (Å²) in [6, 6.07) is 5.44. The standard InChI is InChI=1S/C14H11NO5S2/c1-20-14(19)13-8(15-11(16)4-5-12(17)18)7-10(22-13)9-3-2-6-21-9/h2-7H,1H3,(H,15,16)(H,17,18). The number of amides is 1. The molecule has 0 aliphatic rings. The number of carbonyl (C=O) groups excluding carboxylic acids is 2. The number of nitrogens with one attached hydrogen (secondary N) is 1. The van der Waals surface area contributed by atoms with Gasteiger partial charge in [0, 0.05) is 21.9 Å². The Kier molecular flexibility index (Phi) is 5.08. The van der Waals surface area contributed by atoms with Crippen molar-refractivity contribution < 1.29 is 24.2 Å². The van der Waals surface area contributed by atoms with E-state index in [1.54, 1.807) is 6.07 Å². The lowest BCUT2D eigenvalue weighted by molar-refractivity contribution is -0.131. The molecule has 0 aliphatic heterocycles. The van der Waals surface area contributed by atoms with Crippen LogP contribution in [0.4, 0.5) is 5.69 Å². The first-order valence-corrected chi connectivity index (χ1v) is 7.69. The van der Waals surface area contributed by atoms with E-state index >= 15 is 0 Å². The fourth-order valence-corrected chi connectivity index (χ4v) is 3.45. The fraction of sp³-hybridized carbons (Fsp3) is 0.0714. The molecule has 0 spiro atoms. The van der Waals surface area contributed by atoms with Crippen LogP contribution in [-0.4, -0.2) is 30.1 Å². The molecule has 2 aromatic heterocycles. The molecular weight excluding hydrogens is 326 g/mol. The molecular formula is C14H11NO5S2. The number of esters is 1. The van der Waals surface area contributed by atoms with Crippen LogP contribution in [0, 0.1) is 0 Å². The summed E-state index contributed by atoms with van der Waals surface area (Å²) >= 11 is 2.70. The van der Waals surface area contributed by atoms with Crippen molar-refractivity contribution in [2.24, 2.45) is 0 Å². The highest BCUT2D eigenvalue weighted by molar-refractivity contribution is 7.22. The van der Waals surface area contributed by atoms with E-state index in [9.17, 15) is 14.4 Å². The summed E-state index contributed by atoms with van der Waals surface area (Å²) in [5.74, 6) is -2.43. The smallest absolute Gasteiger partial charge is 0.350 e. The van der Waals surface area contributed by atoms with E-state index in [4.69, 9.17) is 9.84 Å². The third-order valence-corrected chi connectivity index (χ3v) is 4.68. The van der Waals surface area contributed by atoms with Crippen molar-refractivity contribution in [3.8, 4) is 9.75 Å². The number of carbonyl (C=O) groups is 3. The second-order valence-corrected chi connectivity index (χ2v) is 5.98. The third-order valence-electron chi connectivity index (χ3n) is 2.50. The molecule has 114 valence electrons. The molecule has 2 rings (SSSR count). The quantitative estimate of drug-likeness (QED) is 0.646. The maximum Gasteiger partial charge on any atom is 0.350 e. The molecule has 0 aromatic carbocycles. The maximum absolute atomic E-state index is 11.8. The largest absolute Gasteiger partial charge is 0.478 e. The van der Waals surface area contributed by atoms with E-state index in [1.165, 1.54) is 29.8 Å². The summed E-state index contributed by atoms with van der Waals surface area (Å²) in [7, 11) is 1.25. The maximum atomic E-state index is 11.8. The predicted octanol–water partition coefficient (Wildman–Crippen LogP) is 2.84. The van der Waals surface area contributed by atoms with Crippen molar-refractivity contribution in [2.45, 2.75) is 0 Å². The van der Waals surface area contributed by atoms with Crippen LogP contribution in [0.1, 0.15) is 9.67 Å². The van der Waals surface area contributed by atoms with Crippen LogP contribution < -0.4 is 5.32 Å². The summed E-state index contributed by atoms with van der Waals surface area (Å²) < 4.78 is 4.70. The molecule has 2 N–H and O–H groups in total. The van der Waals surface area contributed by atoms with Crippen LogP contribution in [0.5, 0.6) is 0 Å². The van der Waals surface area contributed by atoms with Gasteiger partial charge in [0.25, 0.3) is 0 Å². The van der Waals surface area contributed by atoms with E-state index in [0.717, 1.165) is 21.9 Å². The highest BCUT2D eigenvalue weighted by Gasteiger charge is 2.19. The first-order chi connectivity index (χ1) is 10.5. The van der Waals surface area contributed by atoms with Crippen molar-refractivity contribution in [3.63, 3.8) is 0 Å². The Labute approximate surface area is 133 Å². The molecule has 2 aromatic rings. The van der Waals surface area contributed by atoms with E-state index in [2.05, 4.69) is 5.32 Å². The van der Waals surface area contributed by atoms with Gasteiger partial charge in [0.1, 0.15) is 4.88 Å². The SMILES string of the molecule is COC(=O)c1sc(-c2cccs2)cc1NC(=O)C=CC(=O)O. The minimum Gasteiger partial charge on any atom is -0.478 e. The van der Waals surface area contributed by atoms with Crippen LogP contribution in [0.2, 0.25) is 0 Å². The first-order valence-electron chi connectivity index (χ1n) is 5.99. The van der Waals surface area contributed by atoms with Crippen LogP contribution in [-0.2, 0) is 14.3 Å². The second kappa shape index (κ2) is 7.01. The zero-order valence-electron chi connectivity index (χ0n) is 11.4. The highest BCUT2D eigenvalue weighted by Crippen LogP contribution is 2.37. The van der Waals surface area contributed by atoms with Gasteiger partial charge < -0.3 is 15.2 Å². The van der Waals surface area contributed by atoms with Crippen LogP contribution in [0.25, 0.3) is 9.75 Å². The molecule has 22 heavy (non-hydrogen) atoms. The van der Waals surface area contributed by atoms with Gasteiger partial charge in [-0.2, -0.15) is 0 Å². The number of rotatable bonds is 5. The number of hydrogen-bond donors (Lipinski definition) is 2. The number of methoxy groups -OCH3 is 1. The van der Waals surface area contributed by atoms with E-state index in [1.807, 2.05) is 17.5 Å². The minimum absolute atomic E-state index is 0.253. The lowest BCUT2D eigenvalue weighted by atomic mass is 10.3. The Morgan fingerprint density at radius 2 is 2.05 bits per heavy atom. The molecule has 0 unspecified atom stereocenters. The molecule has 0 bridgehead atoms. The first kappa shape index (κ1) is 15.9. The lowest BCUT2D eigenvalue weighted by Gasteiger charge is -2.02. The summed E-state index contributed by atoms with van der Waals surface area (Å²) in [4.78, 5) is 35.9. The third kappa shape index (κ3) is 3.80. The Hall–Kier alpha value is -2.45. The van der Waals surface area contributed by atoms with Crippen molar-refractivity contribution in [1.29, 1.82) is 0 Å². The number of anilines is 1. The van der Waals surface area contributed by atoms with Gasteiger partial charge in [0.05, 0.1) is 12.8 Å². The van der Waals surface area contributed by atoms with Crippen molar-refractivity contribution in [3.05, 3.63) is 40.6 Å². The zero-order valence-corrected chi connectivity index (χ0v) is 13.0. The number of hydrogen-bond acceptors (Lipinski definition) is 6. The summed E-state index contributed by atoms with van der Waals surface area (Å²) in [6.07, 6.45) is 1.60. The second-order valence-electron chi connectivity index (χ2n) is 3.98. The molecule has 0 fully saturated rings. The molecule has 1 amide bonds. The highest BCUT2D eigenvalue weighted by atomic mass is 32.1. The molecule has 0 radical (unpaired) electrons. The van der Waals surface area contributed by atoms with Crippen molar-refractivity contribution in [1.82, 2.24) is 0 Å². The predicted molar refractivity (Wildman–Crippen MR) is 84.4 cm³/mol. The number of aliphatic carboxylic acids is 1. The van der Waals surface area contributed by atoms with Gasteiger partial charge in [-0.15, -0.1) is 22.7 Å². The van der Waals surface area contributed by atoms with Crippen LogP contribution in [0.15, 0.2) is 35.7 Å². The average molecular weight is 337 g/mol. The Balaban J connectivity index is 2.30.